The molecule has 0 heterocycles. The molecule has 0 aliphatic heterocycles. The van der Waals surface area contributed by atoms with Crippen molar-refractivity contribution in [2.24, 2.45) is 0 Å². The molecule has 0 rings (SSSR count). The van der Waals surface area contributed by atoms with Crippen LogP contribution in [-0.4, -0.2) is 29.6 Å². The molecule has 9 heavy (non-hydrogen) atoms. The van der Waals surface area contributed by atoms with Crippen LogP contribution >= 0.6 is 0 Å². The van der Waals surface area contributed by atoms with Crippen molar-refractivity contribution in [3.8, 4) is 0 Å². The van der Waals surface area contributed by atoms with E-state index < -0.39 is 6.23 Å². The molecule has 0 aromatic carbocycles. The van der Waals surface area contributed by atoms with E-state index in [2.05, 4.69) is 5.32 Å². The van der Waals surface area contributed by atoms with E-state index >= 15 is 0 Å². The van der Waals surface area contributed by atoms with Crippen molar-refractivity contribution in [2.45, 2.75) is 26.0 Å². The molecular weight excluding hydrogens is 118 g/mol. The molecule has 0 bridgehead atoms. The average Bonchev–Trinajstić information content (AvgIpc) is 1.85. The van der Waals surface area contributed by atoms with E-state index in [0.717, 1.165) is 13.0 Å². The van der Waals surface area contributed by atoms with Gasteiger partial charge in [0.25, 0.3) is 0 Å². The summed E-state index contributed by atoms with van der Waals surface area (Å²) in [6.07, 6.45) is 0.887. The SMILES string of the molecule is CCCN[C@@H](O)CCO. The van der Waals surface area contributed by atoms with Crippen LogP contribution in [0, 0.1) is 0 Å². The largest absolute Gasteiger partial charge is 0.396 e. The van der Waals surface area contributed by atoms with Crippen LogP contribution in [0.3, 0.4) is 0 Å². The van der Waals surface area contributed by atoms with Gasteiger partial charge < -0.3 is 10.2 Å². The molecule has 0 saturated carbocycles. The van der Waals surface area contributed by atoms with Crippen LogP contribution in [0.15, 0.2) is 0 Å². The topological polar surface area (TPSA) is 52.5 Å². The first-order chi connectivity index (χ1) is 4.31. The lowest BCUT2D eigenvalue weighted by Crippen LogP contribution is -2.29. The van der Waals surface area contributed by atoms with Crippen LogP contribution in [0.4, 0.5) is 0 Å². The smallest absolute Gasteiger partial charge is 0.107 e. The summed E-state index contributed by atoms with van der Waals surface area (Å²) < 4.78 is 0. The van der Waals surface area contributed by atoms with Gasteiger partial charge in [0.1, 0.15) is 6.23 Å². The minimum atomic E-state index is -0.532. The second-order valence-corrected chi connectivity index (χ2v) is 1.98. The Labute approximate surface area is 55.7 Å². The highest BCUT2D eigenvalue weighted by Gasteiger charge is 1.97. The summed E-state index contributed by atoms with van der Waals surface area (Å²) in [6.45, 7) is 2.87. The number of nitrogens with one attached hydrogen (secondary N) is 1. The quantitative estimate of drug-likeness (QED) is 0.451. The van der Waals surface area contributed by atoms with E-state index in [-0.39, 0.29) is 6.61 Å². The first kappa shape index (κ1) is 8.88. The lowest BCUT2D eigenvalue weighted by Gasteiger charge is -2.08. The molecule has 3 N–H and O–H groups in total. The van der Waals surface area contributed by atoms with E-state index in [1.807, 2.05) is 6.92 Å². The van der Waals surface area contributed by atoms with Gasteiger partial charge >= 0.3 is 0 Å². The van der Waals surface area contributed by atoms with Crippen molar-refractivity contribution >= 4 is 0 Å². The number of rotatable bonds is 5. The zero-order valence-corrected chi connectivity index (χ0v) is 5.80. The lowest BCUT2D eigenvalue weighted by atomic mass is 10.4. The van der Waals surface area contributed by atoms with E-state index in [1.54, 1.807) is 0 Å². The van der Waals surface area contributed by atoms with Gasteiger partial charge in [-0.1, -0.05) is 6.92 Å². The van der Waals surface area contributed by atoms with Gasteiger partial charge in [0.15, 0.2) is 0 Å². The minimum absolute atomic E-state index is 0.0396. The molecule has 3 nitrogen and oxygen atoms in total. The summed E-state index contributed by atoms with van der Waals surface area (Å²) in [5, 5.41) is 20.1. The Hall–Kier alpha value is -0.120. The maximum absolute atomic E-state index is 8.91. The van der Waals surface area contributed by atoms with Crippen LogP contribution in [-0.2, 0) is 0 Å². The Morgan fingerprint density at radius 3 is 2.67 bits per heavy atom. The normalized spacial score (nSPS) is 13.7. The predicted octanol–water partition coefficient (Wildman–Crippen LogP) is -0.313. The molecule has 1 atom stereocenters. The maximum Gasteiger partial charge on any atom is 0.107 e. The van der Waals surface area contributed by atoms with Gasteiger partial charge in [-0.15, -0.1) is 0 Å². The van der Waals surface area contributed by atoms with Crippen molar-refractivity contribution in [2.75, 3.05) is 13.2 Å². The van der Waals surface area contributed by atoms with Crippen LogP contribution in [0.1, 0.15) is 19.8 Å². The fourth-order valence-electron chi connectivity index (χ4n) is 0.535. The maximum atomic E-state index is 8.91. The highest BCUT2D eigenvalue weighted by atomic mass is 16.3. The van der Waals surface area contributed by atoms with Crippen LogP contribution in [0.2, 0.25) is 0 Å². The second kappa shape index (κ2) is 6.01. The monoisotopic (exact) mass is 133 g/mol. The third-order valence-electron chi connectivity index (χ3n) is 1.03. The highest BCUT2D eigenvalue weighted by Crippen LogP contribution is 1.84. The van der Waals surface area contributed by atoms with Crippen molar-refractivity contribution in [1.82, 2.24) is 5.32 Å². The third kappa shape index (κ3) is 5.76. The summed E-state index contributed by atoms with van der Waals surface area (Å²) >= 11 is 0. The summed E-state index contributed by atoms with van der Waals surface area (Å²) in [5.41, 5.74) is 0. The summed E-state index contributed by atoms with van der Waals surface area (Å²) in [6, 6.07) is 0. The first-order valence-electron chi connectivity index (χ1n) is 3.33. The Balaban J connectivity index is 2.95. The third-order valence-corrected chi connectivity index (χ3v) is 1.03. The molecule has 56 valence electrons. The summed E-state index contributed by atoms with van der Waals surface area (Å²) in [7, 11) is 0. The van der Waals surface area contributed by atoms with Crippen molar-refractivity contribution in [1.29, 1.82) is 0 Å². The highest BCUT2D eigenvalue weighted by molar-refractivity contribution is 4.50. The van der Waals surface area contributed by atoms with Crippen molar-refractivity contribution in [3.05, 3.63) is 0 Å². The fraction of sp³-hybridized carbons (Fsp3) is 1.00. The average molecular weight is 133 g/mol. The first-order valence-corrected chi connectivity index (χ1v) is 3.33. The molecule has 3 heteroatoms. The molecule has 0 unspecified atom stereocenters. The van der Waals surface area contributed by atoms with Crippen molar-refractivity contribution in [3.63, 3.8) is 0 Å². The molecule has 0 aliphatic rings. The zero-order chi connectivity index (χ0) is 7.11. The van der Waals surface area contributed by atoms with Gasteiger partial charge in [-0.3, -0.25) is 5.32 Å². The Morgan fingerprint density at radius 2 is 2.22 bits per heavy atom. The van der Waals surface area contributed by atoms with E-state index in [9.17, 15) is 0 Å². The second-order valence-electron chi connectivity index (χ2n) is 1.98. The summed E-state index contributed by atoms with van der Waals surface area (Å²) in [5.74, 6) is 0. The number of hydrogen-bond donors (Lipinski definition) is 3. The molecule has 0 aromatic heterocycles. The van der Waals surface area contributed by atoms with Crippen LogP contribution in [0.25, 0.3) is 0 Å². The number of aliphatic hydroxyl groups excluding tert-OH is 2. The van der Waals surface area contributed by atoms with Gasteiger partial charge in [-0.2, -0.15) is 0 Å². The van der Waals surface area contributed by atoms with Gasteiger partial charge in [0, 0.05) is 13.0 Å². The van der Waals surface area contributed by atoms with E-state index in [1.165, 1.54) is 0 Å². The standard InChI is InChI=1S/C6H15NO2/c1-2-4-7-6(9)3-5-8/h6-9H,2-5H2,1H3/t6-/m0/s1. The lowest BCUT2D eigenvalue weighted by molar-refractivity contribution is 0.103. The Morgan fingerprint density at radius 1 is 1.56 bits per heavy atom. The van der Waals surface area contributed by atoms with E-state index in [0.29, 0.717) is 6.42 Å². The fourth-order valence-corrected chi connectivity index (χ4v) is 0.535. The van der Waals surface area contributed by atoms with Gasteiger partial charge in [0.2, 0.25) is 0 Å². The van der Waals surface area contributed by atoms with Gasteiger partial charge in [-0.25, -0.2) is 0 Å². The van der Waals surface area contributed by atoms with Crippen molar-refractivity contribution < 1.29 is 10.2 Å². The van der Waals surface area contributed by atoms with Gasteiger partial charge in [-0.05, 0) is 13.0 Å². The minimum Gasteiger partial charge on any atom is -0.396 e. The Kier molecular flexibility index (Phi) is 5.93. The molecular formula is C6H15NO2. The number of hydrogen-bond acceptors (Lipinski definition) is 3. The Bertz CT molecular complexity index is 59.0. The molecule has 0 aromatic rings. The molecule has 0 saturated heterocycles. The summed E-state index contributed by atoms with van der Waals surface area (Å²) in [4.78, 5) is 0. The number of aliphatic hydroxyl groups is 2. The van der Waals surface area contributed by atoms with E-state index in [4.69, 9.17) is 10.2 Å². The molecule has 0 aliphatic carbocycles. The molecule has 0 spiro atoms. The van der Waals surface area contributed by atoms with Gasteiger partial charge in [0.05, 0.1) is 0 Å². The molecule has 0 amide bonds. The molecule has 0 fully saturated rings. The molecule has 0 radical (unpaired) electrons. The zero-order valence-electron chi connectivity index (χ0n) is 5.80. The predicted molar refractivity (Wildman–Crippen MR) is 36.0 cm³/mol. The van der Waals surface area contributed by atoms with Crippen LogP contribution < -0.4 is 5.32 Å². The van der Waals surface area contributed by atoms with Crippen LogP contribution in [0.5, 0.6) is 0 Å².